The van der Waals surface area contributed by atoms with Crippen LogP contribution in [0.2, 0.25) is 0 Å². The van der Waals surface area contributed by atoms with Gasteiger partial charge in [0.25, 0.3) is 0 Å². The molecule has 0 radical (unpaired) electrons. The largest absolute Gasteiger partial charge is 0.488 e. The number of halogens is 1. The predicted octanol–water partition coefficient (Wildman–Crippen LogP) is 2.78. The van der Waals surface area contributed by atoms with Gasteiger partial charge in [-0.2, -0.15) is 0 Å². The smallest absolute Gasteiger partial charge is 0.167 e. The lowest BCUT2D eigenvalue weighted by molar-refractivity contribution is 0.121. The fraction of sp³-hybridized carbons (Fsp3) is 0.571. The van der Waals surface area contributed by atoms with Crippen LogP contribution in [0.3, 0.4) is 0 Å². The normalized spacial score (nSPS) is 22.8. The highest BCUT2D eigenvalue weighted by Gasteiger charge is 2.25. The van der Waals surface area contributed by atoms with Gasteiger partial charge in [-0.15, -0.1) is 0 Å². The molecule has 0 saturated carbocycles. The maximum absolute atomic E-state index is 13.7. The van der Waals surface area contributed by atoms with E-state index in [0.29, 0.717) is 11.4 Å². The summed E-state index contributed by atoms with van der Waals surface area (Å²) in [6.07, 6.45) is 0.955. The standard InChI is InChI=1S/C14H21FN2O2/c1-8(2)19-14-7-13(11(16)6-10(14)15)17-12-4-5-18-9(12)3/h6-9,12,17H,4-5,16H2,1-3H3. The summed E-state index contributed by atoms with van der Waals surface area (Å²) in [5.41, 5.74) is 6.92. The van der Waals surface area contributed by atoms with Crippen molar-refractivity contribution < 1.29 is 13.9 Å². The van der Waals surface area contributed by atoms with Gasteiger partial charge in [-0.1, -0.05) is 0 Å². The molecule has 1 aliphatic rings. The summed E-state index contributed by atoms with van der Waals surface area (Å²) in [6.45, 7) is 6.46. The van der Waals surface area contributed by atoms with E-state index in [0.717, 1.165) is 13.0 Å². The Morgan fingerprint density at radius 3 is 2.79 bits per heavy atom. The molecule has 0 bridgehead atoms. The minimum atomic E-state index is -0.438. The monoisotopic (exact) mass is 268 g/mol. The van der Waals surface area contributed by atoms with E-state index in [1.165, 1.54) is 6.07 Å². The number of hydrogen-bond donors (Lipinski definition) is 2. The lowest BCUT2D eigenvalue weighted by Gasteiger charge is -2.20. The van der Waals surface area contributed by atoms with Crippen molar-refractivity contribution in [3.05, 3.63) is 17.9 Å². The molecule has 0 amide bonds. The van der Waals surface area contributed by atoms with E-state index >= 15 is 0 Å². The molecule has 2 unspecified atom stereocenters. The molecule has 1 aliphatic heterocycles. The summed E-state index contributed by atoms with van der Waals surface area (Å²) in [5, 5.41) is 3.30. The third kappa shape index (κ3) is 3.29. The zero-order valence-electron chi connectivity index (χ0n) is 11.6. The lowest BCUT2D eigenvalue weighted by atomic mass is 10.1. The van der Waals surface area contributed by atoms with Crippen LogP contribution in [0.25, 0.3) is 0 Å². The molecule has 0 aromatic heterocycles. The average Bonchev–Trinajstić information content (AvgIpc) is 2.70. The van der Waals surface area contributed by atoms with Crippen molar-refractivity contribution in [1.29, 1.82) is 0 Å². The minimum Gasteiger partial charge on any atom is -0.488 e. The zero-order chi connectivity index (χ0) is 14.0. The number of anilines is 2. The molecule has 106 valence electrons. The van der Waals surface area contributed by atoms with Gasteiger partial charge in [0.1, 0.15) is 0 Å². The van der Waals surface area contributed by atoms with Gasteiger partial charge in [-0.25, -0.2) is 4.39 Å². The summed E-state index contributed by atoms with van der Waals surface area (Å²) >= 11 is 0. The maximum Gasteiger partial charge on any atom is 0.167 e. The van der Waals surface area contributed by atoms with Crippen LogP contribution >= 0.6 is 0 Å². The van der Waals surface area contributed by atoms with E-state index in [-0.39, 0.29) is 24.0 Å². The van der Waals surface area contributed by atoms with Crippen molar-refractivity contribution in [3.8, 4) is 5.75 Å². The molecule has 1 fully saturated rings. The van der Waals surface area contributed by atoms with Gasteiger partial charge in [0.2, 0.25) is 0 Å². The second-order valence-electron chi connectivity index (χ2n) is 5.15. The van der Waals surface area contributed by atoms with Crippen molar-refractivity contribution in [2.75, 3.05) is 17.7 Å². The summed E-state index contributed by atoms with van der Waals surface area (Å²) < 4.78 is 24.6. The molecule has 1 aromatic carbocycles. The Hall–Kier alpha value is -1.49. The van der Waals surface area contributed by atoms with Crippen LogP contribution in [0.1, 0.15) is 27.2 Å². The van der Waals surface area contributed by atoms with Crippen LogP contribution in [0, 0.1) is 5.82 Å². The summed E-state index contributed by atoms with van der Waals surface area (Å²) in [4.78, 5) is 0. The van der Waals surface area contributed by atoms with Crippen LogP contribution in [0.15, 0.2) is 12.1 Å². The van der Waals surface area contributed by atoms with Crippen molar-refractivity contribution >= 4 is 11.4 Å². The van der Waals surface area contributed by atoms with E-state index in [9.17, 15) is 4.39 Å². The Morgan fingerprint density at radius 1 is 1.47 bits per heavy atom. The van der Waals surface area contributed by atoms with Crippen LogP contribution < -0.4 is 15.8 Å². The van der Waals surface area contributed by atoms with Gasteiger partial charge in [-0.05, 0) is 27.2 Å². The highest BCUT2D eigenvalue weighted by Crippen LogP contribution is 2.31. The molecule has 0 spiro atoms. The van der Waals surface area contributed by atoms with E-state index < -0.39 is 5.82 Å². The number of hydrogen-bond acceptors (Lipinski definition) is 4. The van der Waals surface area contributed by atoms with Crippen LogP contribution in [0.5, 0.6) is 5.75 Å². The molecular formula is C14H21FN2O2. The summed E-state index contributed by atoms with van der Waals surface area (Å²) in [6, 6.07) is 3.11. The Morgan fingerprint density at radius 2 is 2.21 bits per heavy atom. The van der Waals surface area contributed by atoms with Crippen LogP contribution in [-0.2, 0) is 4.74 Å². The van der Waals surface area contributed by atoms with Gasteiger partial charge in [0, 0.05) is 18.7 Å². The van der Waals surface area contributed by atoms with E-state index in [4.69, 9.17) is 15.2 Å². The highest BCUT2D eigenvalue weighted by atomic mass is 19.1. The number of nitrogens with one attached hydrogen (secondary N) is 1. The first-order valence-electron chi connectivity index (χ1n) is 6.61. The molecule has 2 atom stereocenters. The first kappa shape index (κ1) is 13.9. The molecule has 4 nitrogen and oxygen atoms in total. The fourth-order valence-electron chi connectivity index (χ4n) is 2.16. The van der Waals surface area contributed by atoms with Crippen LogP contribution in [0.4, 0.5) is 15.8 Å². The molecule has 19 heavy (non-hydrogen) atoms. The third-order valence-corrected chi connectivity index (χ3v) is 3.18. The number of nitrogen functional groups attached to an aromatic ring is 1. The Balaban J connectivity index is 2.19. The van der Waals surface area contributed by atoms with Gasteiger partial charge in [0.05, 0.1) is 29.6 Å². The lowest BCUT2D eigenvalue weighted by Crippen LogP contribution is -2.27. The van der Waals surface area contributed by atoms with E-state index in [1.807, 2.05) is 20.8 Å². The van der Waals surface area contributed by atoms with Crippen LogP contribution in [-0.4, -0.2) is 24.9 Å². The molecule has 1 aromatic rings. The first-order chi connectivity index (χ1) is 8.97. The predicted molar refractivity (Wildman–Crippen MR) is 74.0 cm³/mol. The van der Waals surface area contributed by atoms with Gasteiger partial charge < -0.3 is 20.5 Å². The first-order valence-corrected chi connectivity index (χ1v) is 6.61. The maximum atomic E-state index is 13.7. The Bertz CT molecular complexity index is 451. The zero-order valence-corrected chi connectivity index (χ0v) is 11.6. The topological polar surface area (TPSA) is 56.5 Å². The number of benzene rings is 1. The number of nitrogens with two attached hydrogens (primary N) is 1. The van der Waals surface area contributed by atoms with Crippen molar-refractivity contribution in [1.82, 2.24) is 0 Å². The van der Waals surface area contributed by atoms with E-state index in [1.54, 1.807) is 6.07 Å². The molecule has 3 N–H and O–H groups in total. The van der Waals surface area contributed by atoms with Crippen molar-refractivity contribution in [3.63, 3.8) is 0 Å². The third-order valence-electron chi connectivity index (χ3n) is 3.18. The van der Waals surface area contributed by atoms with Crippen molar-refractivity contribution in [2.24, 2.45) is 0 Å². The summed E-state index contributed by atoms with van der Waals surface area (Å²) in [7, 11) is 0. The molecular weight excluding hydrogens is 247 g/mol. The molecule has 2 rings (SSSR count). The molecule has 0 aliphatic carbocycles. The van der Waals surface area contributed by atoms with Gasteiger partial charge >= 0.3 is 0 Å². The molecule has 5 heteroatoms. The molecule has 1 heterocycles. The fourth-order valence-corrected chi connectivity index (χ4v) is 2.16. The highest BCUT2D eigenvalue weighted by molar-refractivity contribution is 5.69. The Kier molecular flexibility index (Phi) is 4.14. The second-order valence-corrected chi connectivity index (χ2v) is 5.15. The Labute approximate surface area is 113 Å². The molecule has 1 saturated heterocycles. The quantitative estimate of drug-likeness (QED) is 0.824. The van der Waals surface area contributed by atoms with Gasteiger partial charge in [0.15, 0.2) is 11.6 Å². The van der Waals surface area contributed by atoms with E-state index in [2.05, 4.69) is 5.32 Å². The average molecular weight is 268 g/mol. The second kappa shape index (κ2) is 5.65. The SMILES string of the molecule is CC(C)Oc1cc(NC2CCOC2C)c(N)cc1F. The van der Waals surface area contributed by atoms with Gasteiger partial charge in [-0.3, -0.25) is 0 Å². The minimum absolute atomic E-state index is 0.0836. The number of rotatable bonds is 4. The number of ether oxygens (including phenoxy) is 2. The van der Waals surface area contributed by atoms with Crippen molar-refractivity contribution in [2.45, 2.75) is 45.4 Å². The summed E-state index contributed by atoms with van der Waals surface area (Å²) in [5.74, 6) is -0.217.